The first kappa shape index (κ1) is 14.7. The van der Waals surface area contributed by atoms with Gasteiger partial charge in [0.25, 0.3) is 0 Å². The van der Waals surface area contributed by atoms with Crippen LogP contribution in [0.4, 0.5) is 0 Å². The van der Waals surface area contributed by atoms with Crippen molar-refractivity contribution in [1.29, 1.82) is 0 Å². The second-order valence-corrected chi connectivity index (χ2v) is 4.84. The van der Waals surface area contributed by atoms with E-state index in [2.05, 4.69) is 10.2 Å². The van der Waals surface area contributed by atoms with E-state index >= 15 is 0 Å². The summed E-state index contributed by atoms with van der Waals surface area (Å²) in [5.41, 5.74) is 7.92. The molecule has 4 heteroatoms. The Balaban J connectivity index is 2.39. The Kier molecular flexibility index (Phi) is 5.82. The zero-order valence-electron chi connectivity index (χ0n) is 11.4. The van der Waals surface area contributed by atoms with Crippen molar-refractivity contribution in [1.82, 2.24) is 10.2 Å². The third-order valence-corrected chi connectivity index (χ3v) is 2.80. The van der Waals surface area contributed by atoms with Gasteiger partial charge in [0.2, 0.25) is 5.91 Å². The average molecular weight is 249 g/mol. The molecule has 0 saturated carbocycles. The van der Waals surface area contributed by atoms with Gasteiger partial charge in [-0.25, -0.2) is 0 Å². The SMILES string of the molecule is Cc1ccc(C(N)C(=O)NCCCN(C)C)cc1. The van der Waals surface area contributed by atoms with Crippen molar-refractivity contribution < 1.29 is 4.79 Å². The van der Waals surface area contributed by atoms with E-state index in [-0.39, 0.29) is 5.91 Å². The predicted octanol–water partition coefficient (Wildman–Crippen LogP) is 1.06. The minimum atomic E-state index is -0.579. The van der Waals surface area contributed by atoms with Crippen LogP contribution in [0.1, 0.15) is 23.6 Å². The number of hydrogen-bond donors (Lipinski definition) is 2. The molecule has 0 heterocycles. The highest BCUT2D eigenvalue weighted by Crippen LogP contribution is 2.11. The Morgan fingerprint density at radius 3 is 2.50 bits per heavy atom. The van der Waals surface area contributed by atoms with Crippen molar-refractivity contribution in [3.8, 4) is 0 Å². The summed E-state index contributed by atoms with van der Waals surface area (Å²) in [5, 5.41) is 2.86. The number of nitrogens with zero attached hydrogens (tertiary/aromatic N) is 1. The first-order valence-corrected chi connectivity index (χ1v) is 6.25. The summed E-state index contributed by atoms with van der Waals surface area (Å²) in [6, 6.07) is 7.16. The molecule has 0 radical (unpaired) electrons. The van der Waals surface area contributed by atoms with Crippen LogP contribution in [0.25, 0.3) is 0 Å². The highest BCUT2D eigenvalue weighted by atomic mass is 16.2. The van der Waals surface area contributed by atoms with Gasteiger partial charge >= 0.3 is 0 Å². The molecule has 0 aliphatic heterocycles. The van der Waals surface area contributed by atoms with Gasteiger partial charge < -0.3 is 16.0 Å². The molecule has 18 heavy (non-hydrogen) atoms. The minimum Gasteiger partial charge on any atom is -0.354 e. The standard InChI is InChI=1S/C14H23N3O/c1-11-5-7-12(8-6-11)13(15)14(18)16-9-4-10-17(2)3/h5-8,13H,4,9-10,15H2,1-3H3,(H,16,18). The molecule has 1 amide bonds. The summed E-state index contributed by atoms with van der Waals surface area (Å²) in [6.45, 7) is 3.63. The monoisotopic (exact) mass is 249 g/mol. The molecule has 3 N–H and O–H groups in total. The third kappa shape index (κ3) is 4.85. The zero-order valence-corrected chi connectivity index (χ0v) is 11.4. The van der Waals surface area contributed by atoms with E-state index in [4.69, 9.17) is 5.73 Å². The van der Waals surface area contributed by atoms with Crippen molar-refractivity contribution in [2.75, 3.05) is 27.2 Å². The molecule has 4 nitrogen and oxygen atoms in total. The summed E-state index contributed by atoms with van der Waals surface area (Å²) < 4.78 is 0. The number of amides is 1. The van der Waals surface area contributed by atoms with E-state index in [1.165, 1.54) is 0 Å². The van der Waals surface area contributed by atoms with Crippen LogP contribution in [0.15, 0.2) is 24.3 Å². The van der Waals surface area contributed by atoms with Crippen molar-refractivity contribution >= 4 is 5.91 Å². The van der Waals surface area contributed by atoms with Crippen molar-refractivity contribution in [3.63, 3.8) is 0 Å². The van der Waals surface area contributed by atoms with Crippen LogP contribution >= 0.6 is 0 Å². The molecular weight excluding hydrogens is 226 g/mol. The van der Waals surface area contributed by atoms with E-state index in [9.17, 15) is 4.79 Å². The molecule has 1 atom stereocenters. The number of carbonyl (C=O) groups excluding carboxylic acids is 1. The summed E-state index contributed by atoms with van der Waals surface area (Å²) >= 11 is 0. The fraction of sp³-hybridized carbons (Fsp3) is 0.500. The Morgan fingerprint density at radius 2 is 1.94 bits per heavy atom. The number of nitrogens with one attached hydrogen (secondary N) is 1. The van der Waals surface area contributed by atoms with Gasteiger partial charge in [0.15, 0.2) is 0 Å². The first-order chi connectivity index (χ1) is 8.50. The Hall–Kier alpha value is -1.39. The highest BCUT2D eigenvalue weighted by Gasteiger charge is 2.14. The number of carbonyl (C=O) groups is 1. The molecule has 100 valence electrons. The molecule has 1 unspecified atom stereocenters. The molecule has 0 spiro atoms. The van der Waals surface area contributed by atoms with Crippen LogP contribution in [-0.4, -0.2) is 38.0 Å². The van der Waals surface area contributed by atoms with Crippen molar-refractivity contribution in [2.24, 2.45) is 5.73 Å². The maximum absolute atomic E-state index is 11.8. The van der Waals surface area contributed by atoms with Gasteiger partial charge in [0, 0.05) is 6.54 Å². The molecule has 0 aliphatic carbocycles. The summed E-state index contributed by atoms with van der Waals surface area (Å²) in [7, 11) is 4.03. The number of nitrogens with two attached hydrogens (primary N) is 1. The first-order valence-electron chi connectivity index (χ1n) is 6.25. The Labute approximate surface area is 109 Å². The quantitative estimate of drug-likeness (QED) is 0.741. The van der Waals surface area contributed by atoms with Gasteiger partial charge in [-0.3, -0.25) is 4.79 Å². The van der Waals surface area contributed by atoms with Crippen LogP contribution in [-0.2, 0) is 4.79 Å². The molecule has 0 bridgehead atoms. The second kappa shape index (κ2) is 7.13. The average Bonchev–Trinajstić information content (AvgIpc) is 2.34. The number of aryl methyl sites for hydroxylation is 1. The van der Waals surface area contributed by atoms with Crippen LogP contribution < -0.4 is 11.1 Å². The van der Waals surface area contributed by atoms with Gasteiger partial charge in [-0.1, -0.05) is 29.8 Å². The van der Waals surface area contributed by atoms with Gasteiger partial charge in [-0.15, -0.1) is 0 Å². The van der Waals surface area contributed by atoms with Gasteiger partial charge in [-0.2, -0.15) is 0 Å². The van der Waals surface area contributed by atoms with Gasteiger partial charge in [0.1, 0.15) is 6.04 Å². The smallest absolute Gasteiger partial charge is 0.241 e. The van der Waals surface area contributed by atoms with Crippen LogP contribution in [0, 0.1) is 6.92 Å². The second-order valence-electron chi connectivity index (χ2n) is 4.84. The zero-order chi connectivity index (χ0) is 13.5. The lowest BCUT2D eigenvalue weighted by Crippen LogP contribution is -2.35. The molecule has 0 aliphatic rings. The molecule has 1 aromatic rings. The molecule has 0 saturated heterocycles. The summed E-state index contributed by atoms with van der Waals surface area (Å²) in [4.78, 5) is 13.9. The number of rotatable bonds is 6. The van der Waals surface area contributed by atoms with Gasteiger partial charge in [0.05, 0.1) is 0 Å². The molecule has 1 rings (SSSR count). The van der Waals surface area contributed by atoms with Gasteiger partial charge in [-0.05, 0) is 39.5 Å². The lowest BCUT2D eigenvalue weighted by Gasteiger charge is -2.14. The van der Waals surface area contributed by atoms with Crippen LogP contribution in [0.3, 0.4) is 0 Å². The molecular formula is C14H23N3O. The summed E-state index contributed by atoms with van der Waals surface area (Å²) in [6.07, 6.45) is 0.930. The van der Waals surface area contributed by atoms with E-state index in [1.54, 1.807) is 0 Å². The maximum atomic E-state index is 11.8. The highest BCUT2D eigenvalue weighted by molar-refractivity contribution is 5.82. The Morgan fingerprint density at radius 1 is 1.33 bits per heavy atom. The topological polar surface area (TPSA) is 58.4 Å². The third-order valence-electron chi connectivity index (χ3n) is 2.80. The molecule has 1 aromatic carbocycles. The normalized spacial score (nSPS) is 12.5. The van der Waals surface area contributed by atoms with E-state index < -0.39 is 6.04 Å². The van der Waals surface area contributed by atoms with E-state index in [1.807, 2.05) is 45.3 Å². The largest absolute Gasteiger partial charge is 0.354 e. The van der Waals surface area contributed by atoms with Crippen LogP contribution in [0.5, 0.6) is 0 Å². The van der Waals surface area contributed by atoms with E-state index in [0.29, 0.717) is 6.54 Å². The number of hydrogen-bond acceptors (Lipinski definition) is 3. The fourth-order valence-corrected chi connectivity index (χ4v) is 1.64. The van der Waals surface area contributed by atoms with Crippen molar-refractivity contribution in [3.05, 3.63) is 35.4 Å². The minimum absolute atomic E-state index is 0.113. The lowest BCUT2D eigenvalue weighted by molar-refractivity contribution is -0.122. The Bertz CT molecular complexity index is 373. The fourth-order valence-electron chi connectivity index (χ4n) is 1.64. The van der Waals surface area contributed by atoms with E-state index in [0.717, 1.165) is 24.1 Å². The number of benzene rings is 1. The molecule has 0 aromatic heterocycles. The van der Waals surface area contributed by atoms with Crippen LogP contribution in [0.2, 0.25) is 0 Å². The maximum Gasteiger partial charge on any atom is 0.241 e. The predicted molar refractivity (Wildman–Crippen MR) is 74.3 cm³/mol. The molecule has 0 fully saturated rings. The lowest BCUT2D eigenvalue weighted by atomic mass is 10.1. The summed E-state index contributed by atoms with van der Waals surface area (Å²) in [5.74, 6) is -0.113. The van der Waals surface area contributed by atoms with Crippen molar-refractivity contribution in [2.45, 2.75) is 19.4 Å².